The summed E-state index contributed by atoms with van der Waals surface area (Å²) in [5.74, 6) is 0.944. The lowest BCUT2D eigenvalue weighted by Crippen LogP contribution is -2.46. The number of benzene rings is 3. The number of rotatable bonds is 13. The van der Waals surface area contributed by atoms with E-state index in [9.17, 15) is 9.59 Å². The van der Waals surface area contributed by atoms with Crippen molar-refractivity contribution in [1.82, 2.24) is 14.8 Å². The number of nitrogens with one attached hydrogen (secondary N) is 2. The standard InChI is InChI=1S/C31H34Cl2N4O5/c1-40-15-14-37(31(39)35-27-10-9-23(32)17-25(27)33)20-30(38)36(19-21-8-11-28(41-2)29(16-21)42-3)13-12-22-18-34-26-7-5-4-6-24(22)26/h4-11,16-18,34H,12-15,19-20H2,1-3H3,(H,35,39). The summed E-state index contributed by atoms with van der Waals surface area (Å²) in [7, 11) is 4.69. The number of carbonyl (C=O) groups is 2. The maximum atomic E-state index is 13.8. The van der Waals surface area contributed by atoms with Gasteiger partial charge in [0, 0.05) is 48.9 Å². The number of H-pyrrole nitrogens is 1. The molecule has 0 aliphatic heterocycles. The van der Waals surface area contributed by atoms with Gasteiger partial charge in [-0.25, -0.2) is 4.79 Å². The fourth-order valence-electron chi connectivity index (χ4n) is 4.59. The molecule has 4 rings (SSSR count). The van der Waals surface area contributed by atoms with Gasteiger partial charge in [0.05, 0.1) is 31.5 Å². The first kappa shape index (κ1) is 31.0. The monoisotopic (exact) mass is 612 g/mol. The lowest BCUT2D eigenvalue weighted by Gasteiger charge is -2.28. The first-order valence-corrected chi connectivity index (χ1v) is 14.1. The van der Waals surface area contributed by atoms with Crippen molar-refractivity contribution in [3.05, 3.63) is 88.0 Å². The molecule has 4 aromatic rings. The Balaban J connectivity index is 1.56. The molecule has 0 fully saturated rings. The molecule has 0 saturated carbocycles. The molecule has 0 radical (unpaired) electrons. The number of aromatic nitrogens is 1. The van der Waals surface area contributed by atoms with Gasteiger partial charge in [0.2, 0.25) is 5.91 Å². The van der Waals surface area contributed by atoms with Crippen molar-refractivity contribution in [2.45, 2.75) is 13.0 Å². The van der Waals surface area contributed by atoms with Crippen LogP contribution in [0.3, 0.4) is 0 Å². The highest BCUT2D eigenvalue weighted by Crippen LogP contribution is 2.29. The molecule has 0 atom stereocenters. The van der Waals surface area contributed by atoms with Crippen LogP contribution in [0.15, 0.2) is 66.9 Å². The molecular weight excluding hydrogens is 579 g/mol. The molecule has 1 heterocycles. The van der Waals surface area contributed by atoms with E-state index in [4.69, 9.17) is 37.4 Å². The lowest BCUT2D eigenvalue weighted by atomic mass is 10.1. The Morgan fingerprint density at radius 1 is 0.905 bits per heavy atom. The minimum absolute atomic E-state index is 0.165. The van der Waals surface area contributed by atoms with Crippen molar-refractivity contribution in [2.75, 3.05) is 52.9 Å². The largest absolute Gasteiger partial charge is 0.493 e. The van der Waals surface area contributed by atoms with Crippen LogP contribution in [0.4, 0.5) is 10.5 Å². The molecule has 0 spiro atoms. The van der Waals surface area contributed by atoms with Gasteiger partial charge in [-0.15, -0.1) is 0 Å². The number of anilines is 1. The molecule has 0 aliphatic rings. The number of fused-ring (bicyclic) bond motifs is 1. The molecule has 0 bridgehead atoms. The zero-order valence-corrected chi connectivity index (χ0v) is 25.3. The number of methoxy groups -OCH3 is 3. The van der Waals surface area contributed by atoms with Crippen molar-refractivity contribution in [2.24, 2.45) is 0 Å². The van der Waals surface area contributed by atoms with E-state index in [1.807, 2.05) is 42.6 Å². The second-order valence-corrected chi connectivity index (χ2v) is 10.4. The lowest BCUT2D eigenvalue weighted by molar-refractivity contribution is -0.132. The van der Waals surface area contributed by atoms with Gasteiger partial charge in [-0.2, -0.15) is 0 Å². The molecule has 222 valence electrons. The van der Waals surface area contributed by atoms with E-state index in [-0.39, 0.29) is 25.6 Å². The van der Waals surface area contributed by atoms with Gasteiger partial charge in [0.25, 0.3) is 0 Å². The molecule has 3 aromatic carbocycles. The first-order valence-electron chi connectivity index (χ1n) is 13.4. The number of para-hydroxylation sites is 1. The summed E-state index contributed by atoms with van der Waals surface area (Å²) in [5, 5.41) is 4.63. The summed E-state index contributed by atoms with van der Waals surface area (Å²) < 4.78 is 16.1. The van der Waals surface area contributed by atoms with Gasteiger partial charge in [-0.05, 0) is 53.9 Å². The van der Waals surface area contributed by atoms with Gasteiger partial charge in [0.15, 0.2) is 11.5 Å². The van der Waals surface area contributed by atoms with Crippen LogP contribution >= 0.6 is 23.2 Å². The topological polar surface area (TPSA) is 96.1 Å². The van der Waals surface area contributed by atoms with E-state index >= 15 is 0 Å². The quantitative estimate of drug-likeness (QED) is 0.186. The minimum Gasteiger partial charge on any atom is -0.493 e. The third-order valence-corrected chi connectivity index (χ3v) is 7.40. The Bertz CT molecular complexity index is 1530. The number of hydrogen-bond acceptors (Lipinski definition) is 5. The molecule has 2 N–H and O–H groups in total. The summed E-state index contributed by atoms with van der Waals surface area (Å²) in [5.41, 5.74) is 3.39. The fraction of sp³-hybridized carbons (Fsp3) is 0.290. The SMILES string of the molecule is COCCN(CC(=O)N(CCc1c[nH]c2ccccc12)Cc1ccc(OC)c(OC)c1)C(=O)Nc1ccc(Cl)cc1Cl. The highest BCUT2D eigenvalue weighted by molar-refractivity contribution is 6.36. The van der Waals surface area contributed by atoms with Crippen LogP contribution < -0.4 is 14.8 Å². The molecular formula is C31H34Cl2N4O5. The smallest absolute Gasteiger partial charge is 0.322 e. The minimum atomic E-state index is -0.479. The molecule has 0 saturated heterocycles. The molecule has 42 heavy (non-hydrogen) atoms. The van der Waals surface area contributed by atoms with Crippen molar-refractivity contribution in [1.29, 1.82) is 0 Å². The van der Waals surface area contributed by atoms with Gasteiger partial charge in [-0.1, -0.05) is 47.5 Å². The Morgan fingerprint density at radius 3 is 2.43 bits per heavy atom. The molecule has 1 aromatic heterocycles. The van der Waals surface area contributed by atoms with Crippen LogP contribution in [0.1, 0.15) is 11.1 Å². The van der Waals surface area contributed by atoms with Crippen LogP contribution in [0.5, 0.6) is 11.5 Å². The predicted molar refractivity (Wildman–Crippen MR) is 166 cm³/mol. The van der Waals surface area contributed by atoms with E-state index in [2.05, 4.69) is 16.4 Å². The van der Waals surface area contributed by atoms with E-state index in [0.717, 1.165) is 22.0 Å². The summed E-state index contributed by atoms with van der Waals surface area (Å²) in [6.45, 7) is 1.02. The average Bonchev–Trinajstić information content (AvgIpc) is 3.41. The normalized spacial score (nSPS) is 10.9. The second-order valence-electron chi connectivity index (χ2n) is 9.58. The number of ether oxygens (including phenoxy) is 3. The van der Waals surface area contributed by atoms with E-state index in [1.165, 1.54) is 4.90 Å². The predicted octanol–water partition coefficient (Wildman–Crippen LogP) is 6.24. The number of halogens is 2. The highest BCUT2D eigenvalue weighted by Gasteiger charge is 2.23. The van der Waals surface area contributed by atoms with Gasteiger partial charge >= 0.3 is 6.03 Å². The Hall–Kier alpha value is -3.92. The van der Waals surface area contributed by atoms with Crippen molar-refractivity contribution in [3.8, 4) is 11.5 Å². The van der Waals surface area contributed by atoms with Gasteiger partial charge < -0.3 is 34.3 Å². The zero-order chi connectivity index (χ0) is 30.1. The summed E-state index contributed by atoms with van der Waals surface area (Å²) in [6.07, 6.45) is 2.59. The first-order chi connectivity index (χ1) is 20.3. The highest BCUT2D eigenvalue weighted by atomic mass is 35.5. The number of carbonyl (C=O) groups excluding carboxylic acids is 2. The molecule has 0 unspecified atom stereocenters. The summed E-state index contributed by atoms with van der Waals surface area (Å²) in [4.78, 5) is 33.6. The van der Waals surface area contributed by atoms with Gasteiger partial charge in [0.1, 0.15) is 6.54 Å². The van der Waals surface area contributed by atoms with Crippen molar-refractivity contribution in [3.63, 3.8) is 0 Å². The maximum Gasteiger partial charge on any atom is 0.322 e. The third kappa shape index (κ3) is 7.88. The Morgan fingerprint density at radius 2 is 1.69 bits per heavy atom. The van der Waals surface area contributed by atoms with Crippen LogP contribution in [0.2, 0.25) is 10.0 Å². The fourth-order valence-corrected chi connectivity index (χ4v) is 5.04. The Kier molecular flexibility index (Phi) is 10.9. The Labute approximate surface area is 255 Å². The number of urea groups is 1. The van der Waals surface area contributed by atoms with Crippen LogP contribution in [0, 0.1) is 0 Å². The molecule has 9 nitrogen and oxygen atoms in total. The maximum absolute atomic E-state index is 13.8. The number of hydrogen-bond donors (Lipinski definition) is 2. The third-order valence-electron chi connectivity index (χ3n) is 6.85. The van der Waals surface area contributed by atoms with Crippen LogP contribution in [-0.2, 0) is 22.5 Å². The van der Waals surface area contributed by atoms with Crippen molar-refractivity contribution < 1.29 is 23.8 Å². The second kappa shape index (κ2) is 14.8. The summed E-state index contributed by atoms with van der Waals surface area (Å²) in [6, 6.07) is 17.9. The molecule has 0 aliphatic carbocycles. The average molecular weight is 614 g/mol. The van der Waals surface area contributed by atoms with Crippen molar-refractivity contribution >= 4 is 51.7 Å². The number of amides is 3. The van der Waals surface area contributed by atoms with Crippen LogP contribution in [-0.4, -0.2) is 74.3 Å². The molecule has 11 heteroatoms. The van der Waals surface area contributed by atoms with Crippen LogP contribution in [0.25, 0.3) is 10.9 Å². The van der Waals surface area contributed by atoms with E-state index < -0.39 is 6.03 Å². The number of nitrogens with zero attached hydrogens (tertiary/aromatic N) is 2. The molecule has 3 amide bonds. The van der Waals surface area contributed by atoms with E-state index in [0.29, 0.717) is 46.7 Å². The van der Waals surface area contributed by atoms with E-state index in [1.54, 1.807) is 44.4 Å². The summed E-state index contributed by atoms with van der Waals surface area (Å²) >= 11 is 12.3. The zero-order valence-electron chi connectivity index (χ0n) is 23.8. The number of aromatic amines is 1. The van der Waals surface area contributed by atoms with Gasteiger partial charge in [-0.3, -0.25) is 4.79 Å².